The van der Waals surface area contributed by atoms with Crippen molar-refractivity contribution in [1.82, 2.24) is 9.62 Å². The Morgan fingerprint density at radius 2 is 1.76 bits per heavy atom. The molecule has 3 aromatic rings. The molecule has 3 rings (SSSR count). The number of nitrogens with zero attached hydrogens (tertiary/aromatic N) is 2. The van der Waals surface area contributed by atoms with Crippen LogP contribution in [0.25, 0.3) is 6.08 Å². The van der Waals surface area contributed by atoms with Gasteiger partial charge in [0, 0.05) is 24.7 Å². The first-order valence-corrected chi connectivity index (χ1v) is 11.8. The number of halogens is 1. The standard InChI is InChI=1S/C24H22ClN3O4S/c1-17-3-5-18(6-4-17)15-28(33(30,31)23-11-7-20(25)8-12-23)16-22-10-9-21(32-22)13-19(14-26)24(29)27-2/h3-13H,15-16H2,1-2H3,(H,27,29)/b19-13-. The number of rotatable bonds is 8. The molecule has 1 aromatic heterocycles. The minimum Gasteiger partial charge on any atom is -0.460 e. The van der Waals surface area contributed by atoms with Gasteiger partial charge in [-0.05, 0) is 48.9 Å². The van der Waals surface area contributed by atoms with Crippen molar-refractivity contribution in [2.45, 2.75) is 24.9 Å². The minimum absolute atomic E-state index is 0.0471. The summed E-state index contributed by atoms with van der Waals surface area (Å²) in [5.74, 6) is 0.0891. The Labute approximate surface area is 197 Å². The average molecular weight is 484 g/mol. The van der Waals surface area contributed by atoms with E-state index in [1.165, 1.54) is 41.7 Å². The van der Waals surface area contributed by atoms with E-state index >= 15 is 0 Å². The summed E-state index contributed by atoms with van der Waals surface area (Å²) < 4.78 is 33.8. The summed E-state index contributed by atoms with van der Waals surface area (Å²) in [6.07, 6.45) is 1.31. The number of nitriles is 1. The van der Waals surface area contributed by atoms with Crippen LogP contribution in [0.15, 0.2) is 75.5 Å². The predicted octanol–water partition coefficient (Wildman–Crippen LogP) is 4.29. The zero-order valence-corrected chi connectivity index (χ0v) is 19.7. The van der Waals surface area contributed by atoms with Crippen molar-refractivity contribution in [3.8, 4) is 6.07 Å². The first-order valence-electron chi connectivity index (χ1n) is 9.97. The van der Waals surface area contributed by atoms with Crippen molar-refractivity contribution in [2.24, 2.45) is 0 Å². The first-order chi connectivity index (χ1) is 15.7. The molecule has 0 atom stereocenters. The largest absolute Gasteiger partial charge is 0.460 e. The van der Waals surface area contributed by atoms with Gasteiger partial charge in [-0.3, -0.25) is 4.79 Å². The van der Waals surface area contributed by atoms with E-state index in [4.69, 9.17) is 21.3 Å². The molecule has 1 amide bonds. The maximum absolute atomic E-state index is 13.4. The zero-order valence-electron chi connectivity index (χ0n) is 18.1. The summed E-state index contributed by atoms with van der Waals surface area (Å²) in [5.41, 5.74) is 1.76. The van der Waals surface area contributed by atoms with Crippen LogP contribution in [0, 0.1) is 18.3 Å². The van der Waals surface area contributed by atoms with Crippen LogP contribution in [0.3, 0.4) is 0 Å². The van der Waals surface area contributed by atoms with Gasteiger partial charge in [-0.1, -0.05) is 41.4 Å². The molecule has 0 fully saturated rings. The van der Waals surface area contributed by atoms with Crippen LogP contribution in [-0.4, -0.2) is 25.7 Å². The van der Waals surface area contributed by atoms with Crippen molar-refractivity contribution in [3.05, 3.63) is 93.9 Å². The number of carbonyl (C=O) groups excluding carboxylic acids is 1. The molecule has 0 aliphatic rings. The molecule has 0 aliphatic heterocycles. The molecule has 9 heteroatoms. The molecule has 33 heavy (non-hydrogen) atoms. The molecule has 1 heterocycles. The molecule has 2 aromatic carbocycles. The van der Waals surface area contributed by atoms with E-state index in [-0.39, 0.29) is 29.3 Å². The molecule has 170 valence electrons. The average Bonchev–Trinajstić information content (AvgIpc) is 3.25. The van der Waals surface area contributed by atoms with Gasteiger partial charge in [0.05, 0.1) is 11.4 Å². The van der Waals surface area contributed by atoms with Gasteiger partial charge in [0.1, 0.15) is 23.2 Å². The van der Waals surface area contributed by atoms with Crippen molar-refractivity contribution in [1.29, 1.82) is 5.26 Å². The Kier molecular flexibility index (Phi) is 7.71. The summed E-state index contributed by atoms with van der Waals surface area (Å²) in [5, 5.41) is 12.0. The topological polar surface area (TPSA) is 103 Å². The van der Waals surface area contributed by atoms with Gasteiger partial charge in [0.25, 0.3) is 5.91 Å². The SMILES string of the molecule is CNC(=O)/C(C#N)=C\c1ccc(CN(Cc2ccc(C)cc2)S(=O)(=O)c2ccc(Cl)cc2)o1. The summed E-state index contributed by atoms with van der Waals surface area (Å²) >= 11 is 5.92. The lowest BCUT2D eigenvalue weighted by atomic mass is 10.1. The maximum Gasteiger partial charge on any atom is 0.261 e. The second kappa shape index (κ2) is 10.5. The third-order valence-corrected chi connectivity index (χ3v) is 6.88. The molecular formula is C24H22ClN3O4S. The van der Waals surface area contributed by atoms with E-state index in [1.807, 2.05) is 37.3 Å². The fourth-order valence-electron chi connectivity index (χ4n) is 3.04. The van der Waals surface area contributed by atoms with E-state index < -0.39 is 15.9 Å². The quantitative estimate of drug-likeness (QED) is 0.380. The molecule has 0 spiro atoms. The zero-order chi connectivity index (χ0) is 24.0. The lowest BCUT2D eigenvalue weighted by molar-refractivity contribution is -0.116. The van der Waals surface area contributed by atoms with Crippen molar-refractivity contribution in [3.63, 3.8) is 0 Å². The molecule has 7 nitrogen and oxygen atoms in total. The molecule has 0 unspecified atom stereocenters. The van der Waals surface area contributed by atoms with E-state index in [9.17, 15) is 13.2 Å². The van der Waals surface area contributed by atoms with Crippen LogP contribution in [-0.2, 0) is 27.9 Å². The molecule has 0 saturated heterocycles. The van der Waals surface area contributed by atoms with Crippen molar-refractivity contribution >= 4 is 33.6 Å². The third kappa shape index (κ3) is 6.11. The summed E-state index contributed by atoms with van der Waals surface area (Å²) in [7, 11) is -2.46. The maximum atomic E-state index is 13.4. The highest BCUT2D eigenvalue weighted by Crippen LogP contribution is 2.24. The smallest absolute Gasteiger partial charge is 0.261 e. The van der Waals surface area contributed by atoms with Crippen LogP contribution in [0.4, 0.5) is 0 Å². The van der Waals surface area contributed by atoms with E-state index in [2.05, 4.69) is 5.32 Å². The number of hydrogen-bond acceptors (Lipinski definition) is 5. The highest BCUT2D eigenvalue weighted by Gasteiger charge is 2.26. The number of furan rings is 1. The van der Waals surface area contributed by atoms with Crippen LogP contribution in [0.5, 0.6) is 0 Å². The highest BCUT2D eigenvalue weighted by atomic mass is 35.5. The van der Waals surface area contributed by atoms with Crippen molar-refractivity contribution < 1.29 is 17.6 Å². The fourth-order valence-corrected chi connectivity index (χ4v) is 4.56. The van der Waals surface area contributed by atoms with Crippen LogP contribution < -0.4 is 5.32 Å². The van der Waals surface area contributed by atoms with E-state index in [0.29, 0.717) is 10.8 Å². The Balaban J connectivity index is 1.93. The van der Waals surface area contributed by atoms with Crippen molar-refractivity contribution in [2.75, 3.05) is 7.05 Å². The lowest BCUT2D eigenvalue weighted by Gasteiger charge is -2.21. The van der Waals surface area contributed by atoms with Gasteiger partial charge in [-0.15, -0.1) is 0 Å². The predicted molar refractivity (Wildman–Crippen MR) is 125 cm³/mol. The number of aryl methyl sites for hydroxylation is 1. The summed E-state index contributed by atoms with van der Waals surface area (Å²) in [4.78, 5) is 11.8. The number of carbonyl (C=O) groups is 1. The molecule has 1 N–H and O–H groups in total. The van der Waals surface area contributed by atoms with Gasteiger partial charge in [-0.2, -0.15) is 9.57 Å². The fraction of sp³-hybridized carbons (Fsp3) is 0.167. The van der Waals surface area contributed by atoms with Gasteiger partial charge < -0.3 is 9.73 Å². The lowest BCUT2D eigenvalue weighted by Crippen LogP contribution is -2.30. The summed E-state index contributed by atoms with van der Waals surface area (Å²) in [6, 6.07) is 18.5. The van der Waals surface area contributed by atoms with E-state index in [1.54, 1.807) is 12.1 Å². The van der Waals surface area contributed by atoms with Crippen LogP contribution in [0.1, 0.15) is 22.6 Å². The first kappa shape index (κ1) is 24.3. The minimum atomic E-state index is -3.88. The van der Waals surface area contributed by atoms with Gasteiger partial charge in [-0.25, -0.2) is 8.42 Å². The Morgan fingerprint density at radius 1 is 1.09 bits per heavy atom. The van der Waals surface area contributed by atoms with E-state index in [0.717, 1.165) is 11.1 Å². The normalized spacial score (nSPS) is 11.9. The monoisotopic (exact) mass is 483 g/mol. The number of amides is 1. The Bertz CT molecular complexity index is 1300. The summed E-state index contributed by atoms with van der Waals surface area (Å²) in [6.45, 7) is 2.03. The number of benzene rings is 2. The van der Waals surface area contributed by atoms with Gasteiger partial charge >= 0.3 is 0 Å². The molecular weight excluding hydrogens is 462 g/mol. The second-order valence-corrected chi connectivity index (χ2v) is 9.64. The second-order valence-electron chi connectivity index (χ2n) is 7.27. The van der Waals surface area contributed by atoms with Crippen LogP contribution in [0.2, 0.25) is 5.02 Å². The van der Waals surface area contributed by atoms with Crippen LogP contribution >= 0.6 is 11.6 Å². The van der Waals surface area contributed by atoms with Gasteiger partial charge in [0.15, 0.2) is 0 Å². The molecule has 0 aliphatic carbocycles. The molecule has 0 saturated carbocycles. The highest BCUT2D eigenvalue weighted by molar-refractivity contribution is 7.89. The Morgan fingerprint density at radius 3 is 2.36 bits per heavy atom. The number of hydrogen-bond donors (Lipinski definition) is 1. The number of nitrogens with one attached hydrogen (secondary N) is 1. The number of likely N-dealkylation sites (N-methyl/N-ethyl adjacent to an activating group) is 1. The Hall–Kier alpha value is -3.38. The van der Waals surface area contributed by atoms with Gasteiger partial charge in [0.2, 0.25) is 10.0 Å². The third-order valence-electron chi connectivity index (χ3n) is 4.82. The molecule has 0 radical (unpaired) electrons. The molecule has 0 bridgehead atoms. The number of sulfonamides is 1.